The lowest BCUT2D eigenvalue weighted by atomic mass is 9.86. The van der Waals surface area contributed by atoms with Crippen molar-refractivity contribution < 1.29 is 62.4 Å². The predicted molar refractivity (Wildman–Crippen MR) is 121 cm³/mol. The van der Waals surface area contributed by atoms with E-state index in [1.54, 1.807) is 19.2 Å². The maximum Gasteiger partial charge on any atom is 0.231 e. The van der Waals surface area contributed by atoms with Crippen molar-refractivity contribution in [1.82, 2.24) is 0 Å². The van der Waals surface area contributed by atoms with E-state index in [2.05, 4.69) is 14.1 Å². The van der Waals surface area contributed by atoms with Crippen LogP contribution >= 0.6 is 0 Å². The van der Waals surface area contributed by atoms with Gasteiger partial charge in [0.25, 0.3) is 0 Å². The molecule has 0 aromatic heterocycles. The van der Waals surface area contributed by atoms with Gasteiger partial charge >= 0.3 is 0 Å². The normalized spacial score (nSPS) is 17.5. The SMILES string of the molecule is COc1cc(CC(=O)CC2c3c(cc4c(c3OC)OCO4)CC[N+]2(C)C)cc(CO)c1CO.[I-]. The van der Waals surface area contributed by atoms with Gasteiger partial charge in [-0.05, 0) is 28.8 Å². The quantitative estimate of drug-likeness (QED) is 0.313. The molecule has 2 N–H and O–H groups in total. The molecule has 0 saturated heterocycles. The van der Waals surface area contributed by atoms with Crippen LogP contribution in [0, 0.1) is 0 Å². The number of quaternary nitrogens is 1. The first-order valence-corrected chi connectivity index (χ1v) is 11.1. The second-order valence-corrected chi connectivity index (χ2v) is 9.16. The Kier molecular flexibility index (Phi) is 8.33. The Morgan fingerprint density at radius 3 is 2.53 bits per heavy atom. The zero-order valence-corrected chi connectivity index (χ0v) is 22.2. The number of hydrogen-bond acceptors (Lipinski definition) is 7. The highest BCUT2D eigenvalue weighted by Gasteiger charge is 2.42. The molecule has 0 aliphatic carbocycles. The van der Waals surface area contributed by atoms with E-state index in [4.69, 9.17) is 18.9 Å². The van der Waals surface area contributed by atoms with Crippen LogP contribution < -0.4 is 42.9 Å². The van der Waals surface area contributed by atoms with Gasteiger partial charge in [-0.15, -0.1) is 0 Å². The maximum atomic E-state index is 13.3. The molecule has 2 aromatic carbocycles. The van der Waals surface area contributed by atoms with Gasteiger partial charge in [0.05, 0.1) is 60.1 Å². The number of nitrogens with zero attached hydrogens (tertiary/aromatic N) is 1. The lowest BCUT2D eigenvalue weighted by Gasteiger charge is -2.43. The summed E-state index contributed by atoms with van der Waals surface area (Å²) in [5, 5.41) is 19.3. The summed E-state index contributed by atoms with van der Waals surface area (Å²) in [4.78, 5) is 13.3. The number of aliphatic hydroxyl groups is 2. The molecule has 0 spiro atoms. The first-order chi connectivity index (χ1) is 15.8. The molecule has 0 saturated carbocycles. The molecule has 2 heterocycles. The minimum atomic E-state index is -0.242. The molecule has 1 unspecified atom stereocenters. The van der Waals surface area contributed by atoms with Crippen LogP contribution in [0.5, 0.6) is 23.0 Å². The number of carbonyl (C=O) groups excluding carboxylic acids is 1. The Balaban J connectivity index is 0.00000324. The third-order valence-corrected chi connectivity index (χ3v) is 6.81. The highest BCUT2D eigenvalue weighted by atomic mass is 127. The molecule has 34 heavy (non-hydrogen) atoms. The molecule has 2 aliphatic heterocycles. The van der Waals surface area contributed by atoms with E-state index in [-0.39, 0.29) is 62.2 Å². The number of benzene rings is 2. The molecule has 0 amide bonds. The van der Waals surface area contributed by atoms with E-state index in [0.29, 0.717) is 45.0 Å². The van der Waals surface area contributed by atoms with Gasteiger partial charge in [0, 0.05) is 18.4 Å². The Morgan fingerprint density at radius 2 is 1.88 bits per heavy atom. The summed E-state index contributed by atoms with van der Waals surface area (Å²) in [6.45, 7) is 0.572. The van der Waals surface area contributed by atoms with Crippen LogP contribution in [0.4, 0.5) is 0 Å². The number of ether oxygens (including phenoxy) is 4. The number of likely N-dealkylation sites (N-methyl/N-ethyl adjacent to an activating group) is 1. The smallest absolute Gasteiger partial charge is 0.231 e. The van der Waals surface area contributed by atoms with Crippen molar-refractivity contribution in [3.8, 4) is 23.0 Å². The molecule has 0 fully saturated rings. The Hall–Kier alpha value is -2.08. The molecule has 4 rings (SSSR count). The van der Waals surface area contributed by atoms with E-state index in [0.717, 1.165) is 29.7 Å². The van der Waals surface area contributed by atoms with Gasteiger partial charge in [-0.1, -0.05) is 6.07 Å². The molecule has 2 aliphatic rings. The van der Waals surface area contributed by atoms with Crippen molar-refractivity contribution in [3.63, 3.8) is 0 Å². The second-order valence-electron chi connectivity index (χ2n) is 9.16. The summed E-state index contributed by atoms with van der Waals surface area (Å²) >= 11 is 0. The molecule has 2 aromatic rings. The fraction of sp³-hybridized carbons (Fsp3) is 0.480. The third kappa shape index (κ3) is 4.84. The van der Waals surface area contributed by atoms with Crippen molar-refractivity contribution in [1.29, 1.82) is 0 Å². The van der Waals surface area contributed by atoms with Crippen molar-refractivity contribution in [2.24, 2.45) is 0 Å². The first-order valence-electron chi connectivity index (χ1n) is 11.1. The van der Waals surface area contributed by atoms with Crippen LogP contribution in [0.3, 0.4) is 0 Å². The van der Waals surface area contributed by atoms with Crippen LogP contribution in [-0.2, 0) is 30.8 Å². The minimum Gasteiger partial charge on any atom is -1.00 e. The summed E-state index contributed by atoms with van der Waals surface area (Å²) in [5.74, 6) is 2.49. The number of rotatable bonds is 8. The lowest BCUT2D eigenvalue weighted by Crippen LogP contribution is -3.00. The topological polar surface area (TPSA) is 94.5 Å². The Labute approximate surface area is 217 Å². The third-order valence-electron chi connectivity index (χ3n) is 6.81. The summed E-state index contributed by atoms with van der Waals surface area (Å²) in [6, 6.07) is 5.44. The highest BCUT2D eigenvalue weighted by molar-refractivity contribution is 5.82. The monoisotopic (exact) mass is 585 g/mol. The van der Waals surface area contributed by atoms with Gasteiger partial charge in [-0.3, -0.25) is 4.79 Å². The number of methoxy groups -OCH3 is 2. The van der Waals surface area contributed by atoms with Crippen LogP contribution in [0.2, 0.25) is 0 Å². The summed E-state index contributed by atoms with van der Waals surface area (Å²) < 4.78 is 23.1. The molecular formula is C25H32INO7. The largest absolute Gasteiger partial charge is 1.00 e. The standard InChI is InChI=1S/C25H32NO7.HI/c1-26(2)6-5-16-10-22-24(33-14-32-22)25(31-4)23(16)20(26)11-18(29)8-15-7-17(12-27)19(13-28)21(9-15)30-3;/h7,9-10,20,27-28H,5-6,8,11-14H2,1-4H3;1H/q+1;/p-1. The van der Waals surface area contributed by atoms with Crippen LogP contribution in [0.15, 0.2) is 18.2 Å². The van der Waals surface area contributed by atoms with Crippen molar-refractivity contribution in [2.75, 3.05) is 41.7 Å². The Morgan fingerprint density at radius 1 is 1.12 bits per heavy atom. The molecule has 0 radical (unpaired) electrons. The fourth-order valence-electron chi connectivity index (χ4n) is 5.00. The second kappa shape index (κ2) is 10.7. The molecule has 0 bridgehead atoms. The van der Waals surface area contributed by atoms with Gasteiger partial charge in [0.15, 0.2) is 11.5 Å². The fourth-order valence-corrected chi connectivity index (χ4v) is 5.00. The van der Waals surface area contributed by atoms with Crippen LogP contribution in [0.25, 0.3) is 0 Å². The van der Waals surface area contributed by atoms with E-state index >= 15 is 0 Å². The zero-order chi connectivity index (χ0) is 23.8. The van der Waals surface area contributed by atoms with Crippen molar-refractivity contribution >= 4 is 5.78 Å². The average molecular weight is 585 g/mol. The molecule has 8 nitrogen and oxygen atoms in total. The van der Waals surface area contributed by atoms with E-state index in [9.17, 15) is 15.0 Å². The molecule has 1 atom stereocenters. The molecular weight excluding hydrogens is 553 g/mol. The van der Waals surface area contributed by atoms with Crippen LogP contribution in [0.1, 0.15) is 40.3 Å². The summed E-state index contributed by atoms with van der Waals surface area (Å²) in [7, 11) is 7.40. The number of Topliss-reactive ketones (excluding diaryl/α,β-unsaturated/α-hetero) is 1. The van der Waals surface area contributed by atoms with Gasteiger partial charge in [-0.2, -0.15) is 0 Å². The molecule has 9 heteroatoms. The van der Waals surface area contributed by atoms with Gasteiger partial charge in [0.2, 0.25) is 12.5 Å². The predicted octanol–water partition coefficient (Wildman–Crippen LogP) is -0.703. The van der Waals surface area contributed by atoms with Crippen molar-refractivity contribution in [3.05, 3.63) is 46.0 Å². The van der Waals surface area contributed by atoms with E-state index in [1.807, 2.05) is 6.07 Å². The zero-order valence-electron chi connectivity index (χ0n) is 20.0. The number of aliphatic hydroxyl groups excluding tert-OH is 2. The first kappa shape index (κ1) is 26.5. The van der Waals surface area contributed by atoms with Crippen LogP contribution in [-0.4, -0.2) is 62.1 Å². The number of ketones is 1. The van der Waals surface area contributed by atoms with E-state index in [1.165, 1.54) is 7.11 Å². The van der Waals surface area contributed by atoms with Gasteiger partial charge in [-0.25, -0.2) is 0 Å². The van der Waals surface area contributed by atoms with Gasteiger partial charge < -0.3 is 57.6 Å². The number of fused-ring (bicyclic) bond motifs is 2. The average Bonchev–Trinajstić information content (AvgIpc) is 3.27. The maximum absolute atomic E-state index is 13.3. The number of carbonyl (C=O) groups is 1. The minimum absolute atomic E-state index is 0. The van der Waals surface area contributed by atoms with Gasteiger partial charge in [0.1, 0.15) is 17.6 Å². The molecule has 186 valence electrons. The number of hydrogen-bond donors (Lipinski definition) is 2. The van der Waals surface area contributed by atoms with Crippen molar-refractivity contribution in [2.45, 2.75) is 38.5 Å². The number of halogens is 1. The highest BCUT2D eigenvalue weighted by Crippen LogP contribution is 2.51. The Bertz CT molecular complexity index is 1040. The summed E-state index contributed by atoms with van der Waals surface area (Å²) in [6.07, 6.45) is 1.39. The summed E-state index contributed by atoms with van der Waals surface area (Å²) in [5.41, 5.74) is 3.99. The van der Waals surface area contributed by atoms with E-state index < -0.39 is 0 Å². The lowest BCUT2D eigenvalue weighted by molar-refractivity contribution is -0.922.